The minimum absolute atomic E-state index is 0.139. The van der Waals surface area contributed by atoms with Gasteiger partial charge in [0.15, 0.2) is 5.78 Å². The number of benzene rings is 1. The number of carbonyl (C=O) groups excluding carboxylic acids is 1. The zero-order valence-electron chi connectivity index (χ0n) is 8.74. The van der Waals surface area contributed by atoms with Gasteiger partial charge < -0.3 is 0 Å². The van der Waals surface area contributed by atoms with E-state index in [1.807, 2.05) is 25.1 Å². The minimum atomic E-state index is 0.139. The molecule has 4 heteroatoms. The lowest BCUT2D eigenvalue weighted by atomic mass is 10.1. The Morgan fingerprint density at radius 1 is 1.50 bits per heavy atom. The molecule has 0 N–H and O–H groups in total. The molecule has 0 saturated heterocycles. The third-order valence-corrected chi connectivity index (χ3v) is 3.97. The highest BCUT2D eigenvalue weighted by molar-refractivity contribution is 9.10. The second-order valence-corrected chi connectivity index (χ2v) is 5.36. The quantitative estimate of drug-likeness (QED) is 0.809. The zero-order chi connectivity index (χ0) is 11.5. The Morgan fingerprint density at radius 3 is 2.94 bits per heavy atom. The van der Waals surface area contributed by atoms with Crippen molar-refractivity contribution in [3.05, 3.63) is 50.4 Å². The first-order valence-electron chi connectivity index (χ1n) is 4.83. The monoisotopic (exact) mass is 295 g/mol. The van der Waals surface area contributed by atoms with E-state index in [-0.39, 0.29) is 5.78 Å². The van der Waals surface area contributed by atoms with Crippen molar-refractivity contribution in [2.45, 2.75) is 13.3 Å². The second kappa shape index (κ2) is 4.89. The molecule has 0 aliphatic carbocycles. The van der Waals surface area contributed by atoms with E-state index in [1.54, 1.807) is 11.7 Å². The molecule has 0 spiro atoms. The van der Waals surface area contributed by atoms with Crippen molar-refractivity contribution in [3.8, 4) is 0 Å². The van der Waals surface area contributed by atoms with Crippen molar-refractivity contribution in [3.63, 3.8) is 0 Å². The number of ketones is 1. The maximum absolute atomic E-state index is 11.9. The Morgan fingerprint density at radius 2 is 2.31 bits per heavy atom. The molecule has 1 aromatic heterocycles. The Balaban J connectivity index is 2.18. The van der Waals surface area contributed by atoms with Gasteiger partial charge in [-0.25, -0.2) is 0 Å². The molecule has 0 amide bonds. The summed E-state index contributed by atoms with van der Waals surface area (Å²) in [5, 5.41) is 0. The summed E-state index contributed by atoms with van der Waals surface area (Å²) in [5.41, 5.74) is 3.58. The third kappa shape index (κ3) is 2.57. The summed E-state index contributed by atoms with van der Waals surface area (Å²) in [5.74, 6) is 0.139. The van der Waals surface area contributed by atoms with E-state index in [2.05, 4.69) is 20.9 Å². The molecule has 0 unspecified atom stereocenters. The molecule has 0 atom stereocenters. The molecule has 82 valence electrons. The molecule has 0 saturated carbocycles. The molecule has 16 heavy (non-hydrogen) atoms. The molecule has 1 heterocycles. The standard InChI is InChI=1S/C12H10BrNOS/c1-8-4-9(2-3-11(8)13)12(15)5-10-6-14-7-16-10/h2-4,6-7H,5H2,1H3. The molecule has 0 radical (unpaired) electrons. The van der Waals surface area contributed by atoms with Crippen LogP contribution in [0, 0.1) is 6.92 Å². The first-order chi connectivity index (χ1) is 7.66. The van der Waals surface area contributed by atoms with Crippen LogP contribution in [0.5, 0.6) is 0 Å². The van der Waals surface area contributed by atoms with Crippen molar-refractivity contribution in [2.24, 2.45) is 0 Å². The van der Waals surface area contributed by atoms with Gasteiger partial charge in [-0.2, -0.15) is 0 Å². The van der Waals surface area contributed by atoms with Crippen LogP contribution in [0.4, 0.5) is 0 Å². The number of aromatic nitrogens is 1. The minimum Gasteiger partial charge on any atom is -0.294 e. The molecule has 0 aliphatic rings. The second-order valence-electron chi connectivity index (χ2n) is 3.53. The van der Waals surface area contributed by atoms with Crippen molar-refractivity contribution < 1.29 is 4.79 Å². The lowest BCUT2D eigenvalue weighted by Crippen LogP contribution is -2.02. The fraction of sp³-hybridized carbons (Fsp3) is 0.167. The summed E-state index contributed by atoms with van der Waals surface area (Å²) in [7, 11) is 0. The summed E-state index contributed by atoms with van der Waals surface area (Å²) in [4.78, 5) is 16.9. The van der Waals surface area contributed by atoms with Gasteiger partial charge in [-0.15, -0.1) is 11.3 Å². The van der Waals surface area contributed by atoms with Crippen LogP contribution in [0.3, 0.4) is 0 Å². The Labute approximate surface area is 106 Å². The number of aryl methyl sites for hydroxylation is 1. The summed E-state index contributed by atoms with van der Waals surface area (Å²) < 4.78 is 1.03. The van der Waals surface area contributed by atoms with Gasteiger partial charge in [0.05, 0.1) is 5.51 Å². The summed E-state index contributed by atoms with van der Waals surface area (Å²) in [6.07, 6.45) is 2.18. The summed E-state index contributed by atoms with van der Waals surface area (Å²) >= 11 is 4.93. The first-order valence-corrected chi connectivity index (χ1v) is 6.51. The van der Waals surface area contributed by atoms with E-state index < -0.39 is 0 Å². The largest absolute Gasteiger partial charge is 0.294 e. The molecule has 0 fully saturated rings. The Hall–Kier alpha value is -1.00. The normalized spacial score (nSPS) is 10.4. The maximum Gasteiger partial charge on any atom is 0.168 e. The van der Waals surface area contributed by atoms with Gasteiger partial charge in [0.1, 0.15) is 0 Å². The van der Waals surface area contributed by atoms with Gasteiger partial charge >= 0.3 is 0 Å². The lowest BCUT2D eigenvalue weighted by molar-refractivity contribution is 0.0993. The number of Topliss-reactive ketones (excluding diaryl/α,β-unsaturated/α-hetero) is 1. The number of nitrogens with zero attached hydrogens (tertiary/aromatic N) is 1. The van der Waals surface area contributed by atoms with Gasteiger partial charge in [-0.3, -0.25) is 9.78 Å². The van der Waals surface area contributed by atoms with Crippen LogP contribution in [-0.4, -0.2) is 10.8 Å². The topological polar surface area (TPSA) is 30.0 Å². The predicted octanol–water partition coefficient (Wildman–Crippen LogP) is 3.64. The van der Waals surface area contributed by atoms with Gasteiger partial charge in [0.2, 0.25) is 0 Å². The maximum atomic E-state index is 11.9. The van der Waals surface area contributed by atoms with Crippen molar-refractivity contribution >= 4 is 33.0 Å². The number of carbonyl (C=O) groups is 1. The number of thiazole rings is 1. The van der Waals surface area contributed by atoms with Crippen LogP contribution in [0.25, 0.3) is 0 Å². The number of rotatable bonds is 3. The van der Waals surface area contributed by atoms with Gasteiger partial charge in [-0.05, 0) is 24.6 Å². The van der Waals surface area contributed by atoms with Crippen LogP contribution in [0.15, 0.2) is 34.4 Å². The van der Waals surface area contributed by atoms with Crippen LogP contribution in [0.1, 0.15) is 20.8 Å². The molecule has 0 bridgehead atoms. The highest BCUT2D eigenvalue weighted by atomic mass is 79.9. The Bertz CT molecular complexity index is 508. The fourth-order valence-electron chi connectivity index (χ4n) is 1.41. The summed E-state index contributed by atoms with van der Waals surface area (Å²) in [6.45, 7) is 1.98. The van der Waals surface area contributed by atoms with E-state index in [0.29, 0.717) is 6.42 Å². The van der Waals surface area contributed by atoms with Gasteiger partial charge in [0, 0.05) is 27.5 Å². The van der Waals surface area contributed by atoms with Crippen LogP contribution in [-0.2, 0) is 6.42 Å². The van der Waals surface area contributed by atoms with Crippen LogP contribution in [0.2, 0.25) is 0 Å². The third-order valence-electron chi connectivity index (χ3n) is 2.30. The first kappa shape index (κ1) is 11.5. The van der Waals surface area contributed by atoms with Crippen LogP contribution >= 0.6 is 27.3 Å². The van der Waals surface area contributed by atoms with Crippen molar-refractivity contribution in [2.75, 3.05) is 0 Å². The van der Waals surface area contributed by atoms with Gasteiger partial charge in [0.25, 0.3) is 0 Å². The fourth-order valence-corrected chi connectivity index (χ4v) is 2.25. The number of hydrogen-bond acceptors (Lipinski definition) is 3. The van der Waals surface area contributed by atoms with E-state index >= 15 is 0 Å². The van der Waals surface area contributed by atoms with Crippen molar-refractivity contribution in [1.29, 1.82) is 0 Å². The molecule has 0 aliphatic heterocycles. The van der Waals surface area contributed by atoms with E-state index in [4.69, 9.17) is 0 Å². The SMILES string of the molecule is Cc1cc(C(=O)Cc2cncs2)ccc1Br. The van der Waals surface area contributed by atoms with Crippen molar-refractivity contribution in [1.82, 2.24) is 4.98 Å². The molecule has 2 nitrogen and oxygen atoms in total. The van der Waals surface area contributed by atoms with E-state index in [1.165, 1.54) is 11.3 Å². The average molecular weight is 296 g/mol. The molecular formula is C12H10BrNOS. The molecular weight excluding hydrogens is 286 g/mol. The number of halogens is 1. The van der Waals surface area contributed by atoms with Crippen LogP contribution < -0.4 is 0 Å². The molecule has 2 rings (SSSR count). The smallest absolute Gasteiger partial charge is 0.168 e. The average Bonchev–Trinajstić information content (AvgIpc) is 2.74. The molecule has 2 aromatic rings. The van der Waals surface area contributed by atoms with Gasteiger partial charge in [-0.1, -0.05) is 22.0 Å². The molecule has 1 aromatic carbocycles. The lowest BCUT2D eigenvalue weighted by Gasteiger charge is -2.02. The highest BCUT2D eigenvalue weighted by Gasteiger charge is 2.09. The van der Waals surface area contributed by atoms with E-state index in [9.17, 15) is 4.79 Å². The predicted molar refractivity (Wildman–Crippen MR) is 69.0 cm³/mol. The Kier molecular flexibility index (Phi) is 3.51. The highest BCUT2D eigenvalue weighted by Crippen LogP contribution is 2.18. The zero-order valence-corrected chi connectivity index (χ0v) is 11.1. The summed E-state index contributed by atoms with van der Waals surface area (Å²) in [6, 6.07) is 5.67. The van der Waals surface area contributed by atoms with E-state index in [0.717, 1.165) is 20.5 Å². The number of hydrogen-bond donors (Lipinski definition) is 0.